The van der Waals surface area contributed by atoms with Crippen molar-refractivity contribution in [2.24, 2.45) is 0 Å². The summed E-state index contributed by atoms with van der Waals surface area (Å²) >= 11 is 1.88. The van der Waals surface area contributed by atoms with Crippen molar-refractivity contribution in [1.29, 1.82) is 0 Å². The van der Waals surface area contributed by atoms with Gasteiger partial charge in [-0.05, 0) is 17.0 Å². The second kappa shape index (κ2) is 5.17. The molecule has 2 aromatic heterocycles. The fraction of sp³-hybridized carbons (Fsp3) is 0.190. The molecule has 0 bridgehead atoms. The summed E-state index contributed by atoms with van der Waals surface area (Å²) in [5.41, 5.74) is 3.78. The lowest BCUT2D eigenvalue weighted by Gasteiger charge is -2.19. The molecule has 1 nitrogen and oxygen atoms in total. The topological polar surface area (TPSA) is 12.9 Å². The Morgan fingerprint density at radius 2 is 1.65 bits per heavy atom. The monoisotopic (exact) mass is 317 g/mol. The molecule has 2 heteroatoms. The molecule has 0 radical (unpaired) electrons. The second-order valence-electron chi connectivity index (χ2n) is 6.97. The predicted octanol–water partition coefficient (Wildman–Crippen LogP) is 6.41. The van der Waals surface area contributed by atoms with Gasteiger partial charge in [-0.25, -0.2) is 0 Å². The zero-order chi connectivity index (χ0) is 16.0. The minimum atomic E-state index is 0.149. The maximum absolute atomic E-state index is 4.70. The van der Waals surface area contributed by atoms with Gasteiger partial charge in [-0.2, -0.15) is 0 Å². The molecule has 2 aromatic carbocycles. The minimum Gasteiger partial charge on any atom is -0.256 e. The number of benzene rings is 2. The fourth-order valence-electron chi connectivity index (χ4n) is 3.05. The second-order valence-corrected chi connectivity index (χ2v) is 8.02. The Morgan fingerprint density at radius 1 is 0.870 bits per heavy atom. The number of nitrogens with zero attached hydrogens (tertiary/aromatic N) is 1. The van der Waals surface area contributed by atoms with Crippen molar-refractivity contribution in [2.75, 3.05) is 0 Å². The molecule has 0 fully saturated rings. The number of thiophene rings is 1. The van der Waals surface area contributed by atoms with E-state index in [0.717, 1.165) is 5.69 Å². The standard InChI is InChI=1S/C21H19NS/c1-21(2,3)17-11-7-10-15-16-13-22-18(12-19(16)23-20(15)17)14-8-5-4-6-9-14/h4-13H,1-3H3. The largest absolute Gasteiger partial charge is 0.256 e. The van der Waals surface area contributed by atoms with Gasteiger partial charge in [-0.15, -0.1) is 11.3 Å². The van der Waals surface area contributed by atoms with Crippen LogP contribution in [0.2, 0.25) is 0 Å². The maximum atomic E-state index is 4.70. The van der Waals surface area contributed by atoms with Gasteiger partial charge in [0.15, 0.2) is 0 Å². The van der Waals surface area contributed by atoms with Crippen molar-refractivity contribution < 1.29 is 0 Å². The Kier molecular flexibility index (Phi) is 3.24. The van der Waals surface area contributed by atoms with Gasteiger partial charge in [0.2, 0.25) is 0 Å². The molecule has 0 saturated heterocycles. The third-order valence-corrected chi connectivity index (χ3v) is 5.46. The van der Waals surface area contributed by atoms with E-state index >= 15 is 0 Å². The van der Waals surface area contributed by atoms with E-state index in [1.807, 2.05) is 23.6 Å². The summed E-state index contributed by atoms with van der Waals surface area (Å²) in [6, 6.07) is 19.2. The van der Waals surface area contributed by atoms with Crippen LogP contribution >= 0.6 is 11.3 Å². The van der Waals surface area contributed by atoms with Crippen LogP contribution < -0.4 is 0 Å². The molecule has 0 atom stereocenters. The summed E-state index contributed by atoms with van der Waals surface area (Å²) in [5.74, 6) is 0. The Hall–Kier alpha value is -2.19. The lowest BCUT2D eigenvalue weighted by atomic mass is 9.86. The quantitative estimate of drug-likeness (QED) is 0.395. The number of aromatic nitrogens is 1. The van der Waals surface area contributed by atoms with E-state index in [2.05, 4.69) is 69.3 Å². The van der Waals surface area contributed by atoms with E-state index < -0.39 is 0 Å². The Balaban J connectivity index is 1.99. The minimum absolute atomic E-state index is 0.149. The van der Waals surface area contributed by atoms with Crippen LogP contribution in [0.4, 0.5) is 0 Å². The van der Waals surface area contributed by atoms with Gasteiger partial charge in [0.05, 0.1) is 5.69 Å². The molecule has 0 saturated carbocycles. The number of hydrogen-bond acceptors (Lipinski definition) is 2. The lowest BCUT2D eigenvalue weighted by Crippen LogP contribution is -2.10. The highest BCUT2D eigenvalue weighted by molar-refractivity contribution is 7.26. The molecule has 0 unspecified atom stereocenters. The molecule has 0 amide bonds. The molecular weight excluding hydrogens is 298 g/mol. The van der Waals surface area contributed by atoms with Crippen LogP contribution in [-0.4, -0.2) is 4.98 Å². The summed E-state index contributed by atoms with van der Waals surface area (Å²) < 4.78 is 2.70. The molecule has 4 aromatic rings. The maximum Gasteiger partial charge on any atom is 0.0716 e. The molecule has 0 aliphatic heterocycles. The summed E-state index contributed by atoms with van der Waals surface area (Å²) in [5, 5.41) is 2.58. The molecule has 4 rings (SSSR count). The van der Waals surface area contributed by atoms with Gasteiger partial charge in [0, 0.05) is 31.9 Å². The van der Waals surface area contributed by atoms with Gasteiger partial charge >= 0.3 is 0 Å². The number of hydrogen-bond donors (Lipinski definition) is 0. The fourth-order valence-corrected chi connectivity index (χ4v) is 4.49. The van der Waals surface area contributed by atoms with Crippen molar-refractivity contribution in [1.82, 2.24) is 4.98 Å². The van der Waals surface area contributed by atoms with Crippen LogP contribution in [0.15, 0.2) is 60.8 Å². The molecule has 0 aliphatic carbocycles. The molecule has 23 heavy (non-hydrogen) atoms. The summed E-state index contributed by atoms with van der Waals surface area (Å²) in [4.78, 5) is 4.70. The Morgan fingerprint density at radius 3 is 2.39 bits per heavy atom. The zero-order valence-electron chi connectivity index (χ0n) is 13.6. The Labute approximate surface area is 140 Å². The number of pyridine rings is 1. The lowest BCUT2D eigenvalue weighted by molar-refractivity contribution is 0.597. The van der Waals surface area contributed by atoms with E-state index in [9.17, 15) is 0 Å². The van der Waals surface area contributed by atoms with Crippen LogP contribution in [0.5, 0.6) is 0 Å². The summed E-state index contributed by atoms with van der Waals surface area (Å²) in [6.07, 6.45) is 2.03. The molecule has 0 N–H and O–H groups in total. The molecule has 114 valence electrons. The van der Waals surface area contributed by atoms with Crippen LogP contribution in [0, 0.1) is 0 Å². The highest BCUT2D eigenvalue weighted by atomic mass is 32.1. The van der Waals surface area contributed by atoms with Crippen LogP contribution in [-0.2, 0) is 5.41 Å². The smallest absolute Gasteiger partial charge is 0.0716 e. The average Bonchev–Trinajstić information content (AvgIpc) is 2.92. The Bertz CT molecular complexity index is 991. The SMILES string of the molecule is CC(C)(C)c1cccc2c1sc1cc(-c3ccccc3)ncc12. The van der Waals surface area contributed by atoms with E-state index in [1.165, 1.54) is 31.3 Å². The van der Waals surface area contributed by atoms with Crippen LogP contribution in [0.3, 0.4) is 0 Å². The first-order valence-electron chi connectivity index (χ1n) is 7.91. The average molecular weight is 317 g/mol. The molecule has 0 aliphatic rings. The van der Waals surface area contributed by atoms with Crippen LogP contribution in [0.1, 0.15) is 26.3 Å². The summed E-state index contributed by atoms with van der Waals surface area (Å²) in [6.45, 7) is 6.83. The van der Waals surface area contributed by atoms with Crippen molar-refractivity contribution in [3.05, 3.63) is 66.4 Å². The molecular formula is C21H19NS. The first kappa shape index (κ1) is 14.4. The number of rotatable bonds is 1. The van der Waals surface area contributed by atoms with Gasteiger partial charge in [0.25, 0.3) is 0 Å². The van der Waals surface area contributed by atoms with Crippen molar-refractivity contribution >= 4 is 31.5 Å². The first-order chi connectivity index (χ1) is 11.0. The van der Waals surface area contributed by atoms with Gasteiger partial charge in [-0.1, -0.05) is 69.3 Å². The third kappa shape index (κ3) is 2.43. The van der Waals surface area contributed by atoms with E-state index in [-0.39, 0.29) is 5.41 Å². The van der Waals surface area contributed by atoms with Crippen molar-refractivity contribution in [2.45, 2.75) is 26.2 Å². The van der Waals surface area contributed by atoms with E-state index in [4.69, 9.17) is 4.98 Å². The highest BCUT2D eigenvalue weighted by Gasteiger charge is 2.19. The highest BCUT2D eigenvalue weighted by Crippen LogP contribution is 2.40. The normalized spacial score (nSPS) is 12.1. The number of fused-ring (bicyclic) bond motifs is 3. The van der Waals surface area contributed by atoms with Gasteiger partial charge in [0.1, 0.15) is 0 Å². The molecule has 2 heterocycles. The van der Waals surface area contributed by atoms with Crippen molar-refractivity contribution in [3.63, 3.8) is 0 Å². The molecule has 0 spiro atoms. The van der Waals surface area contributed by atoms with Crippen molar-refractivity contribution in [3.8, 4) is 11.3 Å². The van der Waals surface area contributed by atoms with Gasteiger partial charge in [-0.3, -0.25) is 4.98 Å². The third-order valence-electron chi connectivity index (χ3n) is 4.26. The first-order valence-corrected chi connectivity index (χ1v) is 8.73. The van der Waals surface area contributed by atoms with Crippen LogP contribution in [0.25, 0.3) is 31.4 Å². The van der Waals surface area contributed by atoms with Gasteiger partial charge < -0.3 is 0 Å². The summed E-state index contributed by atoms with van der Waals surface area (Å²) in [7, 11) is 0. The predicted molar refractivity (Wildman–Crippen MR) is 101 cm³/mol. The van der Waals surface area contributed by atoms with E-state index in [1.54, 1.807) is 0 Å². The zero-order valence-corrected chi connectivity index (χ0v) is 14.4. The van der Waals surface area contributed by atoms with E-state index in [0.29, 0.717) is 0 Å².